The molecule has 0 spiro atoms. The number of ether oxygens (including phenoxy) is 1. The summed E-state index contributed by atoms with van der Waals surface area (Å²) in [6, 6.07) is -0.208. The zero-order chi connectivity index (χ0) is 10.9. The first-order valence-corrected chi connectivity index (χ1v) is 5.43. The lowest BCUT2D eigenvalue weighted by molar-refractivity contribution is -0.129. The highest BCUT2D eigenvalue weighted by atomic mass is 16.5. The van der Waals surface area contributed by atoms with Gasteiger partial charge in [-0.05, 0) is 19.3 Å². The minimum atomic E-state index is -0.376. The first-order valence-electron chi connectivity index (χ1n) is 5.43. The highest BCUT2D eigenvalue weighted by Gasteiger charge is 2.41. The minimum Gasteiger partial charge on any atom is -0.394 e. The van der Waals surface area contributed by atoms with Crippen LogP contribution in [0.2, 0.25) is 0 Å². The maximum absolute atomic E-state index is 11.8. The van der Waals surface area contributed by atoms with Crippen LogP contribution >= 0.6 is 0 Å². The molecule has 1 amide bonds. The van der Waals surface area contributed by atoms with Crippen LogP contribution in [0.25, 0.3) is 0 Å². The Morgan fingerprint density at radius 1 is 1.53 bits per heavy atom. The molecular formula is C10H18N2O3. The van der Waals surface area contributed by atoms with Crippen LogP contribution in [-0.2, 0) is 9.53 Å². The van der Waals surface area contributed by atoms with Gasteiger partial charge in [0.2, 0.25) is 5.91 Å². The molecule has 1 saturated heterocycles. The molecule has 2 fully saturated rings. The maximum atomic E-state index is 11.8. The highest BCUT2D eigenvalue weighted by Crippen LogP contribution is 2.31. The van der Waals surface area contributed by atoms with E-state index in [1.807, 2.05) is 0 Å². The molecule has 0 aromatic rings. The normalized spacial score (nSPS) is 33.5. The second kappa shape index (κ2) is 4.08. The molecule has 2 unspecified atom stereocenters. The number of hydrogen-bond donors (Lipinski definition) is 3. The predicted octanol–water partition coefficient (Wildman–Crippen LogP) is -1.01. The molecule has 4 N–H and O–H groups in total. The summed E-state index contributed by atoms with van der Waals surface area (Å²) in [5, 5.41) is 12.1. The van der Waals surface area contributed by atoms with Crippen LogP contribution in [-0.4, -0.2) is 42.4 Å². The summed E-state index contributed by atoms with van der Waals surface area (Å²) < 4.78 is 5.14. The Labute approximate surface area is 89.0 Å². The molecular weight excluding hydrogens is 196 g/mol. The molecule has 5 heteroatoms. The third-order valence-electron chi connectivity index (χ3n) is 3.46. The standard InChI is InChI=1S/C10H18N2O3/c11-8-5-15-4-7(8)9(14)12-10(6-13)2-1-3-10/h7-8,13H,1-6,11H2,(H,12,14). The average Bonchev–Trinajstić information content (AvgIpc) is 2.58. The molecule has 1 saturated carbocycles. The maximum Gasteiger partial charge on any atom is 0.227 e. The van der Waals surface area contributed by atoms with Gasteiger partial charge in [-0.1, -0.05) is 0 Å². The summed E-state index contributed by atoms with van der Waals surface area (Å²) in [6.45, 7) is 0.861. The van der Waals surface area contributed by atoms with E-state index >= 15 is 0 Å². The number of nitrogens with one attached hydrogen (secondary N) is 1. The van der Waals surface area contributed by atoms with Crippen LogP contribution in [0, 0.1) is 5.92 Å². The van der Waals surface area contributed by atoms with Crippen LogP contribution < -0.4 is 11.1 Å². The first kappa shape index (κ1) is 10.9. The first-order chi connectivity index (χ1) is 7.17. The Morgan fingerprint density at radius 3 is 2.67 bits per heavy atom. The molecule has 2 rings (SSSR count). The van der Waals surface area contributed by atoms with E-state index in [0.717, 1.165) is 19.3 Å². The van der Waals surface area contributed by atoms with Crippen LogP contribution in [0.5, 0.6) is 0 Å². The van der Waals surface area contributed by atoms with E-state index in [0.29, 0.717) is 13.2 Å². The van der Waals surface area contributed by atoms with Gasteiger partial charge in [-0.25, -0.2) is 0 Å². The van der Waals surface area contributed by atoms with E-state index in [4.69, 9.17) is 10.5 Å². The lowest BCUT2D eigenvalue weighted by Gasteiger charge is -2.41. The van der Waals surface area contributed by atoms with Gasteiger partial charge in [-0.3, -0.25) is 4.79 Å². The number of rotatable bonds is 3. The lowest BCUT2D eigenvalue weighted by atomic mass is 9.77. The molecule has 0 bridgehead atoms. The van der Waals surface area contributed by atoms with E-state index in [1.165, 1.54) is 0 Å². The Bertz CT molecular complexity index is 248. The molecule has 2 aliphatic rings. The van der Waals surface area contributed by atoms with Crippen molar-refractivity contribution in [1.82, 2.24) is 5.32 Å². The van der Waals surface area contributed by atoms with Crippen molar-refractivity contribution in [1.29, 1.82) is 0 Å². The van der Waals surface area contributed by atoms with E-state index in [9.17, 15) is 9.90 Å². The molecule has 86 valence electrons. The summed E-state index contributed by atoms with van der Waals surface area (Å²) in [4.78, 5) is 11.8. The number of hydrogen-bond acceptors (Lipinski definition) is 4. The molecule has 1 aliphatic carbocycles. The van der Waals surface area contributed by atoms with Gasteiger partial charge >= 0.3 is 0 Å². The lowest BCUT2D eigenvalue weighted by Crippen LogP contribution is -2.58. The van der Waals surface area contributed by atoms with Crippen molar-refractivity contribution in [3.05, 3.63) is 0 Å². The van der Waals surface area contributed by atoms with Crippen molar-refractivity contribution < 1.29 is 14.6 Å². The molecule has 15 heavy (non-hydrogen) atoms. The van der Waals surface area contributed by atoms with E-state index in [2.05, 4.69) is 5.32 Å². The van der Waals surface area contributed by atoms with Gasteiger partial charge in [-0.15, -0.1) is 0 Å². The molecule has 5 nitrogen and oxygen atoms in total. The third kappa shape index (κ3) is 2.00. The SMILES string of the molecule is NC1COCC1C(=O)NC1(CO)CCC1. The monoisotopic (exact) mass is 214 g/mol. The highest BCUT2D eigenvalue weighted by molar-refractivity contribution is 5.80. The Morgan fingerprint density at radius 2 is 2.27 bits per heavy atom. The smallest absolute Gasteiger partial charge is 0.227 e. The molecule has 2 atom stereocenters. The van der Waals surface area contributed by atoms with Gasteiger partial charge in [0.05, 0.1) is 31.3 Å². The predicted molar refractivity (Wildman–Crippen MR) is 54.1 cm³/mol. The van der Waals surface area contributed by atoms with Crippen molar-refractivity contribution in [3.8, 4) is 0 Å². The summed E-state index contributed by atoms with van der Waals surface area (Å²) >= 11 is 0. The number of aliphatic hydroxyl groups is 1. The largest absolute Gasteiger partial charge is 0.394 e. The summed E-state index contributed by atoms with van der Waals surface area (Å²) in [5.41, 5.74) is 5.38. The van der Waals surface area contributed by atoms with Gasteiger partial charge in [0.1, 0.15) is 0 Å². The van der Waals surface area contributed by atoms with Crippen molar-refractivity contribution in [2.75, 3.05) is 19.8 Å². The second-order valence-electron chi connectivity index (χ2n) is 4.59. The van der Waals surface area contributed by atoms with Gasteiger partial charge in [-0.2, -0.15) is 0 Å². The van der Waals surface area contributed by atoms with Crippen molar-refractivity contribution in [2.24, 2.45) is 11.7 Å². The topological polar surface area (TPSA) is 84.6 Å². The van der Waals surface area contributed by atoms with Gasteiger partial charge in [0, 0.05) is 6.04 Å². The fraction of sp³-hybridized carbons (Fsp3) is 0.900. The Balaban J connectivity index is 1.91. The third-order valence-corrected chi connectivity index (χ3v) is 3.46. The molecule has 1 aliphatic heterocycles. The molecule has 0 radical (unpaired) electrons. The van der Waals surface area contributed by atoms with Crippen LogP contribution in [0.3, 0.4) is 0 Å². The Kier molecular flexibility index (Phi) is 2.95. The number of amides is 1. The van der Waals surface area contributed by atoms with Crippen LogP contribution in [0.15, 0.2) is 0 Å². The van der Waals surface area contributed by atoms with E-state index < -0.39 is 0 Å². The quantitative estimate of drug-likeness (QED) is 0.562. The van der Waals surface area contributed by atoms with Crippen molar-refractivity contribution >= 4 is 5.91 Å². The second-order valence-corrected chi connectivity index (χ2v) is 4.59. The number of carbonyl (C=O) groups is 1. The number of aliphatic hydroxyl groups excluding tert-OH is 1. The zero-order valence-electron chi connectivity index (χ0n) is 8.74. The fourth-order valence-corrected chi connectivity index (χ4v) is 2.12. The summed E-state index contributed by atoms with van der Waals surface area (Å²) in [5.74, 6) is -0.331. The average molecular weight is 214 g/mol. The summed E-state index contributed by atoms with van der Waals surface area (Å²) in [7, 11) is 0. The fourth-order valence-electron chi connectivity index (χ4n) is 2.12. The minimum absolute atomic E-state index is 0.0154. The van der Waals surface area contributed by atoms with Crippen LogP contribution in [0.4, 0.5) is 0 Å². The van der Waals surface area contributed by atoms with Gasteiger partial charge in [0.15, 0.2) is 0 Å². The number of carbonyl (C=O) groups excluding carboxylic acids is 1. The zero-order valence-corrected chi connectivity index (χ0v) is 8.74. The summed E-state index contributed by atoms with van der Waals surface area (Å²) in [6.07, 6.45) is 2.78. The number of nitrogens with two attached hydrogens (primary N) is 1. The van der Waals surface area contributed by atoms with Gasteiger partial charge < -0.3 is 20.9 Å². The van der Waals surface area contributed by atoms with Crippen molar-refractivity contribution in [3.63, 3.8) is 0 Å². The van der Waals surface area contributed by atoms with Crippen LogP contribution in [0.1, 0.15) is 19.3 Å². The molecule has 0 aromatic heterocycles. The Hall–Kier alpha value is -0.650. The molecule has 1 heterocycles. The van der Waals surface area contributed by atoms with Gasteiger partial charge in [0.25, 0.3) is 0 Å². The van der Waals surface area contributed by atoms with Crippen molar-refractivity contribution in [2.45, 2.75) is 30.8 Å². The van der Waals surface area contributed by atoms with E-state index in [-0.39, 0.29) is 30.0 Å². The van der Waals surface area contributed by atoms with E-state index in [1.54, 1.807) is 0 Å². The molecule has 0 aromatic carbocycles.